The first kappa shape index (κ1) is 8.43. The van der Waals surface area contributed by atoms with Gasteiger partial charge in [0.25, 0.3) is 0 Å². The van der Waals surface area contributed by atoms with Gasteiger partial charge in [-0.3, -0.25) is 0 Å². The molecule has 0 aromatic rings. The maximum absolute atomic E-state index is 2.35. The first-order chi connectivity index (χ1) is 3.81. The standard InChI is InChI=1S/C7H17P/c1-4-6-7(3)8-5-2/h7-8H,4-6H2,1-3H3. The Morgan fingerprint density at radius 1 is 1.38 bits per heavy atom. The molecule has 0 fully saturated rings. The van der Waals surface area contributed by atoms with Gasteiger partial charge < -0.3 is 0 Å². The topological polar surface area (TPSA) is 0 Å². The van der Waals surface area contributed by atoms with Crippen molar-refractivity contribution in [3.8, 4) is 0 Å². The molecule has 0 bridgehead atoms. The molecule has 0 N–H and O–H groups in total. The molecule has 0 radical (unpaired) electrons. The molecule has 0 saturated carbocycles. The van der Waals surface area contributed by atoms with Crippen LogP contribution in [0.3, 0.4) is 0 Å². The van der Waals surface area contributed by atoms with Crippen LogP contribution in [-0.4, -0.2) is 11.8 Å². The van der Waals surface area contributed by atoms with Gasteiger partial charge >= 0.3 is 0 Å². The van der Waals surface area contributed by atoms with Crippen molar-refractivity contribution >= 4 is 8.58 Å². The third-order valence-electron chi connectivity index (χ3n) is 1.27. The average Bonchev–Trinajstić information content (AvgIpc) is 1.68. The quantitative estimate of drug-likeness (QED) is 0.516. The highest BCUT2D eigenvalue weighted by Gasteiger charge is 1.95. The minimum absolute atomic E-state index is 0.991. The molecular formula is C7H17P. The summed E-state index contributed by atoms with van der Waals surface area (Å²) in [4.78, 5) is 0. The summed E-state index contributed by atoms with van der Waals surface area (Å²) in [5.74, 6) is 0. The van der Waals surface area contributed by atoms with E-state index in [9.17, 15) is 0 Å². The minimum Gasteiger partial charge on any atom is -0.119 e. The van der Waals surface area contributed by atoms with Gasteiger partial charge in [-0.25, -0.2) is 0 Å². The van der Waals surface area contributed by atoms with Crippen LogP contribution < -0.4 is 0 Å². The van der Waals surface area contributed by atoms with E-state index >= 15 is 0 Å². The molecule has 1 heteroatoms. The SMILES string of the molecule is CCCC(C)PCC. The van der Waals surface area contributed by atoms with Crippen LogP contribution in [-0.2, 0) is 0 Å². The Bertz CT molecular complexity index is 37.7. The molecule has 2 unspecified atom stereocenters. The molecule has 0 aliphatic heterocycles. The van der Waals surface area contributed by atoms with Gasteiger partial charge in [-0.15, -0.1) is 8.58 Å². The van der Waals surface area contributed by atoms with Crippen LogP contribution >= 0.6 is 8.58 Å². The summed E-state index contributed by atoms with van der Waals surface area (Å²) in [6, 6.07) is 0. The van der Waals surface area contributed by atoms with Crippen molar-refractivity contribution in [3.63, 3.8) is 0 Å². The van der Waals surface area contributed by atoms with Crippen molar-refractivity contribution < 1.29 is 0 Å². The molecule has 0 aromatic carbocycles. The Morgan fingerprint density at radius 3 is 2.38 bits per heavy atom. The lowest BCUT2D eigenvalue weighted by Crippen LogP contribution is -1.91. The van der Waals surface area contributed by atoms with Gasteiger partial charge in [0, 0.05) is 0 Å². The van der Waals surface area contributed by atoms with Crippen LogP contribution in [0.15, 0.2) is 0 Å². The second-order valence-electron chi connectivity index (χ2n) is 2.25. The van der Waals surface area contributed by atoms with E-state index in [0.717, 1.165) is 5.66 Å². The van der Waals surface area contributed by atoms with Gasteiger partial charge in [0.15, 0.2) is 0 Å². The van der Waals surface area contributed by atoms with Crippen LogP contribution in [0.4, 0.5) is 0 Å². The second-order valence-corrected chi connectivity index (χ2v) is 4.35. The number of rotatable bonds is 4. The van der Waals surface area contributed by atoms with Gasteiger partial charge in [-0.05, 0) is 18.2 Å². The summed E-state index contributed by atoms with van der Waals surface area (Å²) in [5, 5.41) is 0. The maximum atomic E-state index is 2.35. The van der Waals surface area contributed by atoms with E-state index in [0.29, 0.717) is 0 Å². The molecule has 0 aliphatic rings. The zero-order valence-corrected chi connectivity index (χ0v) is 7.20. The fraction of sp³-hybridized carbons (Fsp3) is 1.00. The van der Waals surface area contributed by atoms with Crippen molar-refractivity contribution in [2.24, 2.45) is 0 Å². The molecule has 0 amide bonds. The average molecular weight is 132 g/mol. The van der Waals surface area contributed by atoms with E-state index in [4.69, 9.17) is 0 Å². The molecule has 0 aromatic heterocycles. The van der Waals surface area contributed by atoms with E-state index in [1.54, 1.807) is 0 Å². The van der Waals surface area contributed by atoms with Gasteiger partial charge in [-0.1, -0.05) is 27.2 Å². The summed E-state index contributed by atoms with van der Waals surface area (Å²) in [5.41, 5.74) is 0.991. The van der Waals surface area contributed by atoms with E-state index in [1.165, 1.54) is 27.6 Å². The van der Waals surface area contributed by atoms with Crippen LogP contribution in [0.5, 0.6) is 0 Å². The van der Waals surface area contributed by atoms with Gasteiger partial charge in [0.2, 0.25) is 0 Å². The van der Waals surface area contributed by atoms with Crippen molar-refractivity contribution in [3.05, 3.63) is 0 Å². The normalized spacial score (nSPS) is 15.4. The summed E-state index contributed by atoms with van der Waals surface area (Å²) < 4.78 is 0. The first-order valence-corrected chi connectivity index (χ1v) is 4.83. The first-order valence-electron chi connectivity index (χ1n) is 3.54. The predicted molar refractivity (Wildman–Crippen MR) is 43.2 cm³/mol. The fourth-order valence-corrected chi connectivity index (χ4v) is 2.07. The zero-order chi connectivity index (χ0) is 6.41. The van der Waals surface area contributed by atoms with Crippen molar-refractivity contribution in [2.45, 2.75) is 39.3 Å². The van der Waals surface area contributed by atoms with Gasteiger partial charge in [0.05, 0.1) is 0 Å². The van der Waals surface area contributed by atoms with E-state index in [2.05, 4.69) is 20.8 Å². The Balaban J connectivity index is 2.92. The molecule has 0 rings (SSSR count). The summed E-state index contributed by atoms with van der Waals surface area (Å²) in [6.07, 6.45) is 4.15. The van der Waals surface area contributed by atoms with Crippen molar-refractivity contribution in [1.29, 1.82) is 0 Å². The third kappa shape index (κ3) is 4.59. The summed E-state index contributed by atoms with van der Waals surface area (Å²) >= 11 is 0. The van der Waals surface area contributed by atoms with Crippen LogP contribution in [0, 0.1) is 0 Å². The third-order valence-corrected chi connectivity index (χ3v) is 2.67. The smallest absolute Gasteiger partial charge is 0.0265 e. The monoisotopic (exact) mass is 132 g/mol. The molecule has 0 aliphatic carbocycles. The van der Waals surface area contributed by atoms with Crippen molar-refractivity contribution in [1.82, 2.24) is 0 Å². The van der Waals surface area contributed by atoms with E-state index in [-0.39, 0.29) is 0 Å². The largest absolute Gasteiger partial charge is 0.119 e. The highest BCUT2D eigenvalue weighted by Crippen LogP contribution is 2.21. The number of hydrogen-bond acceptors (Lipinski definition) is 0. The van der Waals surface area contributed by atoms with Crippen molar-refractivity contribution in [2.75, 3.05) is 6.16 Å². The summed E-state index contributed by atoms with van der Waals surface area (Å²) in [7, 11) is 1.20. The minimum atomic E-state index is 0.991. The van der Waals surface area contributed by atoms with Crippen LogP contribution in [0.25, 0.3) is 0 Å². The molecule has 0 nitrogen and oxygen atoms in total. The molecular weight excluding hydrogens is 115 g/mol. The Hall–Kier alpha value is 0.430. The molecule has 50 valence electrons. The molecule has 2 atom stereocenters. The van der Waals surface area contributed by atoms with Gasteiger partial charge in [-0.2, -0.15) is 0 Å². The lowest BCUT2D eigenvalue weighted by Gasteiger charge is -2.05. The molecule has 0 heterocycles. The molecule has 0 saturated heterocycles. The fourth-order valence-electron chi connectivity index (χ4n) is 0.884. The van der Waals surface area contributed by atoms with Crippen LogP contribution in [0.1, 0.15) is 33.6 Å². The molecule has 8 heavy (non-hydrogen) atoms. The highest BCUT2D eigenvalue weighted by molar-refractivity contribution is 7.38. The Kier molecular flexibility index (Phi) is 5.86. The Labute approximate surface area is 54.8 Å². The lowest BCUT2D eigenvalue weighted by atomic mass is 10.3. The lowest BCUT2D eigenvalue weighted by molar-refractivity contribution is 0.782. The zero-order valence-electron chi connectivity index (χ0n) is 6.20. The van der Waals surface area contributed by atoms with Gasteiger partial charge in [0.1, 0.15) is 0 Å². The van der Waals surface area contributed by atoms with E-state index < -0.39 is 0 Å². The predicted octanol–water partition coefficient (Wildman–Crippen LogP) is 2.87. The second kappa shape index (κ2) is 5.56. The number of hydrogen-bond donors (Lipinski definition) is 0. The maximum Gasteiger partial charge on any atom is -0.0265 e. The van der Waals surface area contributed by atoms with Crippen LogP contribution in [0.2, 0.25) is 0 Å². The molecule has 0 spiro atoms. The Morgan fingerprint density at radius 2 is 2.00 bits per heavy atom. The van der Waals surface area contributed by atoms with E-state index in [1.807, 2.05) is 0 Å². The highest BCUT2D eigenvalue weighted by atomic mass is 31.1. The summed E-state index contributed by atoms with van der Waals surface area (Å²) in [6.45, 7) is 6.88.